The maximum Gasteiger partial charge on any atom is 0.307 e. The van der Waals surface area contributed by atoms with Gasteiger partial charge in [-0.15, -0.1) is 11.8 Å². The third kappa shape index (κ3) is 4.85. The number of hydrogen-bond donors (Lipinski definition) is 2. The molecule has 140 valence electrons. The summed E-state index contributed by atoms with van der Waals surface area (Å²) >= 11 is 1.28. The van der Waals surface area contributed by atoms with Crippen molar-refractivity contribution >= 4 is 40.9 Å². The fourth-order valence-corrected chi connectivity index (χ4v) is 3.55. The van der Waals surface area contributed by atoms with E-state index in [1.165, 1.54) is 23.9 Å². The van der Waals surface area contributed by atoms with Crippen LogP contribution in [0.15, 0.2) is 47.4 Å². The molecule has 0 spiro atoms. The zero-order chi connectivity index (χ0) is 19.4. The molecule has 0 aromatic heterocycles. The number of thioether (sulfide) groups is 1. The highest BCUT2D eigenvalue weighted by Crippen LogP contribution is 2.36. The maximum absolute atomic E-state index is 13.5. The lowest BCUT2D eigenvalue weighted by atomic mass is 10.2. The van der Waals surface area contributed by atoms with E-state index in [-0.39, 0.29) is 18.0 Å². The Hall–Kier alpha value is -2.87. The molecule has 0 aliphatic carbocycles. The van der Waals surface area contributed by atoms with E-state index in [9.17, 15) is 18.8 Å². The van der Waals surface area contributed by atoms with Crippen LogP contribution < -0.4 is 10.6 Å². The molecule has 8 heteroatoms. The van der Waals surface area contributed by atoms with Crippen molar-refractivity contribution in [1.29, 1.82) is 0 Å². The summed E-state index contributed by atoms with van der Waals surface area (Å²) in [7, 11) is 0. The SMILES string of the molecule is Cc1ccc(NC(=O)COC(=O)C[C@@H]2Sc3ccccc3NC2=O)cc1F. The third-order valence-electron chi connectivity index (χ3n) is 3.88. The van der Waals surface area contributed by atoms with E-state index >= 15 is 0 Å². The molecule has 2 N–H and O–H groups in total. The minimum absolute atomic E-state index is 0.155. The Morgan fingerprint density at radius 3 is 2.81 bits per heavy atom. The Kier molecular flexibility index (Phi) is 5.75. The lowest BCUT2D eigenvalue weighted by Gasteiger charge is -2.23. The Labute approximate surface area is 159 Å². The standard InChI is InChI=1S/C19H17FN2O4S/c1-11-6-7-12(8-13(11)20)21-17(23)10-26-18(24)9-16-19(25)22-14-4-2-3-5-15(14)27-16/h2-8,16H,9-10H2,1H3,(H,21,23)(H,22,25)/t16-/m0/s1. The van der Waals surface area contributed by atoms with E-state index in [0.717, 1.165) is 4.90 Å². The van der Waals surface area contributed by atoms with Crippen molar-refractivity contribution in [3.8, 4) is 0 Å². The van der Waals surface area contributed by atoms with Gasteiger partial charge in [0.05, 0.1) is 17.4 Å². The van der Waals surface area contributed by atoms with E-state index in [1.807, 2.05) is 18.2 Å². The molecule has 0 fully saturated rings. The quantitative estimate of drug-likeness (QED) is 0.769. The summed E-state index contributed by atoms with van der Waals surface area (Å²) in [5.41, 5.74) is 1.45. The van der Waals surface area contributed by atoms with Gasteiger partial charge in [0.15, 0.2) is 6.61 Å². The highest BCUT2D eigenvalue weighted by atomic mass is 32.2. The number of esters is 1. The molecule has 1 aliphatic rings. The van der Waals surface area contributed by atoms with Crippen LogP contribution in [0.2, 0.25) is 0 Å². The van der Waals surface area contributed by atoms with Gasteiger partial charge < -0.3 is 15.4 Å². The number of anilines is 2. The van der Waals surface area contributed by atoms with Crippen molar-refractivity contribution in [1.82, 2.24) is 0 Å². The normalized spacial score (nSPS) is 15.5. The van der Waals surface area contributed by atoms with E-state index < -0.39 is 29.6 Å². The number of fused-ring (bicyclic) bond motifs is 1. The topological polar surface area (TPSA) is 84.5 Å². The molecule has 0 saturated carbocycles. The number of carbonyl (C=O) groups is 3. The zero-order valence-electron chi connectivity index (χ0n) is 14.5. The van der Waals surface area contributed by atoms with Gasteiger partial charge in [-0.1, -0.05) is 18.2 Å². The van der Waals surface area contributed by atoms with Crippen molar-refractivity contribution in [2.75, 3.05) is 17.2 Å². The lowest BCUT2D eigenvalue weighted by Crippen LogP contribution is -2.32. The Bertz CT molecular complexity index is 903. The molecular formula is C19H17FN2O4S. The van der Waals surface area contributed by atoms with Crippen molar-refractivity contribution in [2.45, 2.75) is 23.5 Å². The molecule has 27 heavy (non-hydrogen) atoms. The monoisotopic (exact) mass is 388 g/mol. The molecular weight excluding hydrogens is 371 g/mol. The Balaban J connectivity index is 1.49. The summed E-state index contributed by atoms with van der Waals surface area (Å²) < 4.78 is 18.4. The zero-order valence-corrected chi connectivity index (χ0v) is 15.3. The van der Waals surface area contributed by atoms with Crippen LogP contribution in [0.4, 0.5) is 15.8 Å². The van der Waals surface area contributed by atoms with Crippen LogP contribution in [0.3, 0.4) is 0 Å². The predicted molar refractivity (Wildman–Crippen MR) is 100 cm³/mol. The van der Waals surface area contributed by atoms with E-state index in [0.29, 0.717) is 11.3 Å². The summed E-state index contributed by atoms with van der Waals surface area (Å²) in [6, 6.07) is 11.6. The number of nitrogens with one attached hydrogen (secondary N) is 2. The lowest BCUT2D eigenvalue weighted by molar-refractivity contribution is -0.147. The van der Waals surface area contributed by atoms with E-state index in [1.54, 1.807) is 19.1 Å². The summed E-state index contributed by atoms with van der Waals surface area (Å²) in [4.78, 5) is 36.8. The molecule has 2 aromatic rings. The number of ether oxygens (including phenoxy) is 1. The van der Waals surface area contributed by atoms with Gasteiger partial charge in [0, 0.05) is 10.6 Å². The molecule has 2 aromatic carbocycles. The van der Waals surface area contributed by atoms with Crippen molar-refractivity contribution in [3.05, 3.63) is 53.8 Å². The average molecular weight is 388 g/mol. The first-order valence-electron chi connectivity index (χ1n) is 8.20. The molecule has 1 aliphatic heterocycles. The predicted octanol–water partition coefficient (Wildman–Crippen LogP) is 3.12. The van der Waals surface area contributed by atoms with Crippen LogP contribution in [0.5, 0.6) is 0 Å². The van der Waals surface area contributed by atoms with E-state index in [2.05, 4.69) is 10.6 Å². The van der Waals surface area contributed by atoms with Crippen LogP contribution in [0, 0.1) is 12.7 Å². The first-order valence-corrected chi connectivity index (χ1v) is 9.08. The van der Waals surface area contributed by atoms with Gasteiger partial charge in [0.2, 0.25) is 5.91 Å². The van der Waals surface area contributed by atoms with Gasteiger partial charge in [0.25, 0.3) is 5.91 Å². The fourth-order valence-electron chi connectivity index (χ4n) is 2.45. The average Bonchev–Trinajstić information content (AvgIpc) is 2.64. The van der Waals surface area contributed by atoms with Gasteiger partial charge >= 0.3 is 5.97 Å². The van der Waals surface area contributed by atoms with Crippen LogP contribution in [0.1, 0.15) is 12.0 Å². The van der Waals surface area contributed by atoms with Crippen LogP contribution in [-0.2, 0) is 19.1 Å². The van der Waals surface area contributed by atoms with Gasteiger partial charge in [-0.25, -0.2) is 4.39 Å². The van der Waals surface area contributed by atoms with E-state index in [4.69, 9.17) is 4.74 Å². The van der Waals surface area contributed by atoms with Crippen molar-refractivity contribution in [2.24, 2.45) is 0 Å². The van der Waals surface area contributed by atoms with Gasteiger partial charge in [-0.3, -0.25) is 14.4 Å². The number of aryl methyl sites for hydroxylation is 1. The molecule has 0 radical (unpaired) electrons. The highest BCUT2D eigenvalue weighted by Gasteiger charge is 2.29. The number of hydrogen-bond acceptors (Lipinski definition) is 5. The van der Waals surface area contributed by atoms with Crippen LogP contribution in [-0.4, -0.2) is 29.6 Å². The summed E-state index contributed by atoms with van der Waals surface area (Å²) in [6.07, 6.45) is -0.155. The minimum atomic E-state index is -0.660. The number of halogens is 1. The molecule has 2 amide bonds. The fraction of sp³-hybridized carbons (Fsp3) is 0.211. The number of amides is 2. The molecule has 1 atom stereocenters. The smallest absolute Gasteiger partial charge is 0.307 e. The molecule has 1 heterocycles. The third-order valence-corrected chi connectivity index (χ3v) is 5.15. The number of rotatable bonds is 5. The van der Waals surface area contributed by atoms with Crippen molar-refractivity contribution < 1.29 is 23.5 Å². The number of benzene rings is 2. The molecule has 0 unspecified atom stereocenters. The first-order chi connectivity index (χ1) is 12.9. The van der Waals surface area contributed by atoms with Gasteiger partial charge in [-0.2, -0.15) is 0 Å². The Morgan fingerprint density at radius 1 is 1.26 bits per heavy atom. The summed E-state index contributed by atoms with van der Waals surface area (Å²) in [5, 5.41) is 4.57. The number of para-hydroxylation sites is 1. The molecule has 0 saturated heterocycles. The summed E-state index contributed by atoms with van der Waals surface area (Å²) in [6.45, 7) is 1.10. The molecule has 6 nitrogen and oxygen atoms in total. The minimum Gasteiger partial charge on any atom is -0.456 e. The second kappa shape index (κ2) is 8.22. The van der Waals surface area contributed by atoms with Gasteiger partial charge in [0.1, 0.15) is 5.82 Å². The number of carbonyl (C=O) groups excluding carboxylic acids is 3. The molecule has 3 rings (SSSR count). The maximum atomic E-state index is 13.5. The van der Waals surface area contributed by atoms with Gasteiger partial charge in [-0.05, 0) is 36.8 Å². The second-order valence-corrected chi connectivity index (χ2v) is 7.21. The largest absolute Gasteiger partial charge is 0.456 e. The highest BCUT2D eigenvalue weighted by molar-refractivity contribution is 8.01. The van der Waals surface area contributed by atoms with Crippen LogP contribution >= 0.6 is 11.8 Å². The first kappa shape index (κ1) is 18.9. The second-order valence-electron chi connectivity index (χ2n) is 5.97. The Morgan fingerprint density at radius 2 is 2.04 bits per heavy atom. The summed E-state index contributed by atoms with van der Waals surface area (Å²) in [5.74, 6) is -1.97. The van der Waals surface area contributed by atoms with Crippen molar-refractivity contribution in [3.63, 3.8) is 0 Å². The molecule has 0 bridgehead atoms. The van der Waals surface area contributed by atoms with Crippen LogP contribution in [0.25, 0.3) is 0 Å².